The number of aryl methyl sites for hydroxylation is 1. The van der Waals surface area contributed by atoms with Crippen LogP contribution in [0.1, 0.15) is 122 Å². The third kappa shape index (κ3) is 11.8. The van der Waals surface area contributed by atoms with Crippen molar-refractivity contribution in [2.24, 2.45) is 34.6 Å². The maximum Gasteiger partial charge on any atom is 0.461 e. The van der Waals surface area contributed by atoms with E-state index in [0.717, 1.165) is 43.2 Å². The second-order valence-corrected chi connectivity index (χ2v) is 20.5. The quantitative estimate of drug-likeness (QED) is 0.0931. The Morgan fingerprint density at radius 2 is 1.54 bits per heavy atom. The number of carbonyl (C=O) groups excluding carboxylic acids is 7. The minimum Gasteiger partial charge on any atom is -0.405 e. The molecule has 364 valence electrons. The van der Waals surface area contributed by atoms with Crippen LogP contribution in [-0.4, -0.2) is 113 Å². The molecule has 0 aromatic heterocycles. The Bertz CT molecular complexity index is 2150. The van der Waals surface area contributed by atoms with E-state index >= 15 is 0 Å². The Kier molecular flexibility index (Phi) is 16.5. The lowest BCUT2D eigenvalue weighted by molar-refractivity contribution is -0.199. The lowest BCUT2D eigenvalue weighted by Crippen LogP contribution is -2.65. The number of ketones is 2. The van der Waals surface area contributed by atoms with Gasteiger partial charge in [0, 0.05) is 49.9 Å². The van der Waals surface area contributed by atoms with Gasteiger partial charge in [0.15, 0.2) is 11.6 Å². The minimum absolute atomic E-state index is 0.000968. The number of aliphatic hydroxyl groups is 1. The molecule has 67 heavy (non-hydrogen) atoms. The first-order valence-electron chi connectivity index (χ1n) is 24.1. The Labute approximate surface area is 394 Å². The van der Waals surface area contributed by atoms with Gasteiger partial charge in [-0.05, 0) is 97.8 Å². The molecule has 8 N–H and O–H groups in total. The van der Waals surface area contributed by atoms with E-state index in [1.807, 2.05) is 19.1 Å². The number of unbranched alkanes of at least 4 members (excludes halogenated alkanes) is 1. The molecular weight excluding hydrogens is 855 g/mol. The summed E-state index contributed by atoms with van der Waals surface area (Å²) in [5.41, 5.74) is 15.1. The van der Waals surface area contributed by atoms with Crippen LogP contribution in [0, 0.1) is 23.2 Å². The summed E-state index contributed by atoms with van der Waals surface area (Å²) < 4.78 is 12.9. The molecule has 16 nitrogen and oxygen atoms in total. The van der Waals surface area contributed by atoms with Crippen molar-refractivity contribution in [1.29, 1.82) is 0 Å². The van der Waals surface area contributed by atoms with E-state index in [-0.39, 0.29) is 49.8 Å². The number of hydrogen-bond acceptors (Lipinski definition) is 11. The summed E-state index contributed by atoms with van der Waals surface area (Å²) in [6.45, 7) is 13.4. The minimum atomic E-state index is -1.44. The summed E-state index contributed by atoms with van der Waals surface area (Å²) in [4.78, 5) is 94.1. The maximum absolute atomic E-state index is 13.7. The second-order valence-electron chi connectivity index (χ2n) is 20.5. The summed E-state index contributed by atoms with van der Waals surface area (Å²) >= 11 is 0. The van der Waals surface area contributed by atoms with E-state index < -0.39 is 103 Å². The molecule has 0 spiro atoms. The molecule has 17 heteroatoms. The molecule has 5 amide bonds. The van der Waals surface area contributed by atoms with Gasteiger partial charge in [-0.2, -0.15) is 0 Å². The normalized spacial score (nSPS) is 26.0. The Balaban J connectivity index is 0.972. The molecule has 2 saturated heterocycles. The number of rotatable bonds is 22. The van der Waals surface area contributed by atoms with Crippen molar-refractivity contribution in [2.75, 3.05) is 13.1 Å². The van der Waals surface area contributed by atoms with Gasteiger partial charge in [0.2, 0.25) is 23.6 Å². The highest BCUT2D eigenvalue weighted by atomic mass is 16.7. The van der Waals surface area contributed by atoms with Crippen molar-refractivity contribution in [3.05, 3.63) is 59.7 Å². The number of amides is 5. The number of nitrogens with two attached hydrogens (primary N) is 2. The van der Waals surface area contributed by atoms with Crippen molar-refractivity contribution < 1.29 is 48.0 Å². The van der Waals surface area contributed by atoms with Crippen LogP contribution in [-0.2, 0) is 44.5 Å². The average molecular weight is 927 g/mol. The molecule has 2 aromatic rings. The molecule has 3 aliphatic carbocycles. The first kappa shape index (κ1) is 51.4. The molecule has 2 aromatic carbocycles. The Hall–Kier alpha value is -4.97. The highest BCUT2D eigenvalue weighted by molar-refractivity contribution is 6.47. The number of aliphatic hydroxyl groups excluding tert-OH is 1. The van der Waals surface area contributed by atoms with E-state index in [4.69, 9.17) is 20.8 Å². The van der Waals surface area contributed by atoms with Crippen LogP contribution >= 0.6 is 0 Å². The molecule has 7 rings (SSSR count). The number of carbonyl (C=O) groups is 7. The maximum atomic E-state index is 13.7. The number of nitrogens with zero attached hydrogens (tertiary/aromatic N) is 1. The lowest BCUT2D eigenvalue weighted by Gasteiger charge is -2.64. The van der Waals surface area contributed by atoms with Gasteiger partial charge in [0.05, 0.1) is 30.3 Å². The van der Waals surface area contributed by atoms with Crippen LogP contribution in [0.4, 0.5) is 0 Å². The van der Waals surface area contributed by atoms with Crippen LogP contribution < -0.4 is 27.4 Å². The number of nitrogens with one attached hydrogen (secondary N) is 3. The van der Waals surface area contributed by atoms with Crippen molar-refractivity contribution >= 4 is 48.2 Å². The van der Waals surface area contributed by atoms with Crippen LogP contribution in [0.2, 0.25) is 5.82 Å². The van der Waals surface area contributed by atoms with Gasteiger partial charge in [-0.25, -0.2) is 0 Å². The van der Waals surface area contributed by atoms with Gasteiger partial charge in [-0.3, -0.25) is 33.6 Å². The molecule has 2 heterocycles. The van der Waals surface area contributed by atoms with Gasteiger partial charge in [-0.15, -0.1) is 0 Å². The fourth-order valence-corrected chi connectivity index (χ4v) is 10.7. The number of primary amides is 1. The topological polar surface area (TPSA) is 250 Å². The first-order chi connectivity index (χ1) is 31.6. The summed E-state index contributed by atoms with van der Waals surface area (Å²) in [6.07, 6.45) is 2.85. The number of likely N-dealkylation sites (tertiary alicyclic amines) is 1. The first-order valence-corrected chi connectivity index (χ1v) is 24.1. The summed E-state index contributed by atoms with van der Waals surface area (Å²) in [5, 5.41) is 18.6. The van der Waals surface area contributed by atoms with Gasteiger partial charge >= 0.3 is 7.12 Å². The van der Waals surface area contributed by atoms with Crippen LogP contribution in [0.15, 0.2) is 48.5 Å². The summed E-state index contributed by atoms with van der Waals surface area (Å²) in [5.74, 6) is -4.64. The van der Waals surface area contributed by atoms with Crippen LogP contribution in [0.3, 0.4) is 0 Å². The molecule has 5 aliphatic rings. The fourth-order valence-electron chi connectivity index (χ4n) is 10.7. The zero-order valence-corrected chi connectivity index (χ0v) is 40.2. The smallest absolute Gasteiger partial charge is 0.405 e. The van der Waals surface area contributed by atoms with E-state index in [0.29, 0.717) is 17.4 Å². The number of benzene rings is 2. The van der Waals surface area contributed by atoms with Crippen molar-refractivity contribution in [3.63, 3.8) is 0 Å². The third-order valence-corrected chi connectivity index (χ3v) is 15.0. The van der Waals surface area contributed by atoms with E-state index in [1.54, 1.807) is 12.1 Å². The molecule has 11 atom stereocenters. The highest BCUT2D eigenvalue weighted by Gasteiger charge is 2.68. The van der Waals surface area contributed by atoms with Crippen LogP contribution in [0.5, 0.6) is 0 Å². The largest absolute Gasteiger partial charge is 0.461 e. The van der Waals surface area contributed by atoms with Gasteiger partial charge < -0.3 is 46.7 Å². The van der Waals surface area contributed by atoms with E-state index in [9.17, 15) is 38.7 Å². The van der Waals surface area contributed by atoms with Gasteiger partial charge in [0.1, 0.15) is 12.1 Å². The van der Waals surface area contributed by atoms with Crippen LogP contribution in [0.25, 0.3) is 11.1 Å². The number of hydrogen-bond donors (Lipinski definition) is 6. The zero-order valence-electron chi connectivity index (χ0n) is 40.2. The second kappa shape index (κ2) is 21.5. The molecule has 2 aliphatic heterocycles. The zero-order chi connectivity index (χ0) is 49.0. The predicted molar refractivity (Wildman–Crippen MR) is 253 cm³/mol. The third-order valence-electron chi connectivity index (χ3n) is 15.0. The van der Waals surface area contributed by atoms with Crippen molar-refractivity contribution in [1.82, 2.24) is 20.9 Å². The molecule has 3 saturated carbocycles. The molecular formula is C50H71BN6O10. The van der Waals surface area contributed by atoms with Gasteiger partial charge in [0.25, 0.3) is 5.91 Å². The summed E-state index contributed by atoms with van der Waals surface area (Å²) in [6, 6.07) is 11.3. The molecule has 2 unspecified atom stereocenters. The van der Waals surface area contributed by atoms with E-state index in [2.05, 4.69) is 67.9 Å². The standard InChI is InChI=1S/C50H71BN6O10/c1-8-9-10-31-11-13-32(14-12-31)33-15-17-34(18-16-33)47(64)54-20-19-44(62)57-27-36(52)25-38(57)48(65)56-45(30(4)58)40(60)21-28(2)46(63)55-37(26-43(53)61)39(59)22-29(3)51-66-42-24-35-23-41(49(35,5)6)50(42,7)67-51/h11-18,28-30,35-38,41-42,45,58H,8-10,19-27,52H2,1-7H3,(H2,53,61)(H,54,64)(H,55,63)(H,56,65)/t28-,29-,30?,35+,36+,37+,38+,41+,42?,45+,50+/m1/s1. The predicted octanol–water partition coefficient (Wildman–Crippen LogP) is 3.64. The molecule has 2 bridgehead atoms. The van der Waals surface area contributed by atoms with Crippen molar-refractivity contribution in [3.8, 4) is 11.1 Å². The van der Waals surface area contributed by atoms with Crippen molar-refractivity contribution in [2.45, 2.75) is 160 Å². The number of Topliss-reactive ketones (excluding diaryl/α,β-unsaturated/α-hetero) is 2. The SMILES string of the molecule is CCCCc1ccc(-c2ccc(C(=O)NCCC(=O)N3C[C@@H](N)C[C@H]3C(=O)N[C@H](C(=O)C[C@@H](C)C(=O)N[C@@H](CC(N)=O)C(=O)C[C@@H](C)B3OC4C[C@@H]5C[C@@H](C5(C)C)[C@]4(C)O3)C(C)O)cc2)cc1. The average Bonchev–Trinajstić information content (AvgIpc) is 3.86. The Morgan fingerprint density at radius 1 is 0.881 bits per heavy atom. The molecule has 5 fully saturated rings. The lowest BCUT2D eigenvalue weighted by atomic mass is 9.43. The summed E-state index contributed by atoms with van der Waals surface area (Å²) in [7, 11) is -0.639. The highest BCUT2D eigenvalue weighted by Crippen LogP contribution is 2.66. The molecule has 0 radical (unpaired) electrons. The fraction of sp³-hybridized carbons (Fsp3) is 0.620. The van der Waals surface area contributed by atoms with E-state index in [1.165, 1.54) is 24.3 Å². The van der Waals surface area contributed by atoms with Gasteiger partial charge in [-0.1, -0.05) is 77.4 Å². The Morgan fingerprint density at radius 3 is 2.15 bits per heavy atom. The monoisotopic (exact) mass is 927 g/mol.